The van der Waals surface area contributed by atoms with Crippen molar-refractivity contribution in [3.8, 4) is 11.3 Å². The lowest BCUT2D eigenvalue weighted by Gasteiger charge is -2.32. The first-order chi connectivity index (χ1) is 17.6. The predicted octanol–water partition coefficient (Wildman–Crippen LogP) is 3.67. The number of carbonyl (C=O) groups excluding carboxylic acids is 2. The topological polar surface area (TPSA) is 106 Å². The van der Waals surface area contributed by atoms with Gasteiger partial charge in [-0.3, -0.25) is 4.79 Å². The van der Waals surface area contributed by atoms with Gasteiger partial charge in [0, 0.05) is 18.2 Å². The number of nitrogens with one attached hydrogen (secondary N) is 2. The van der Waals surface area contributed by atoms with E-state index in [1.807, 2.05) is 52.0 Å². The van der Waals surface area contributed by atoms with E-state index in [0.717, 1.165) is 15.9 Å². The van der Waals surface area contributed by atoms with E-state index in [-0.39, 0.29) is 11.7 Å². The number of methoxy groups -OCH3 is 1. The second-order valence-electron chi connectivity index (χ2n) is 11.3. The van der Waals surface area contributed by atoms with Gasteiger partial charge in [-0.15, -0.1) is 0 Å². The largest absolute Gasteiger partial charge is 0.494 e. The van der Waals surface area contributed by atoms with Crippen molar-refractivity contribution in [2.24, 2.45) is 5.92 Å². The lowest BCUT2D eigenvalue weighted by molar-refractivity contribution is -0.136. The second-order valence-corrected chi connectivity index (χ2v) is 11.3. The van der Waals surface area contributed by atoms with Crippen LogP contribution in [0.5, 0.6) is 0 Å². The Kier molecular flexibility index (Phi) is 7.35. The molecule has 2 fully saturated rings. The summed E-state index contributed by atoms with van der Waals surface area (Å²) in [5, 5.41) is 2.46. The molecular formula is C26H35BF2N4O5. The molecule has 38 heavy (non-hydrogen) atoms. The monoisotopic (exact) mass is 532 g/mol. The van der Waals surface area contributed by atoms with Crippen LogP contribution in [-0.2, 0) is 18.8 Å². The molecule has 3 heterocycles. The highest BCUT2D eigenvalue weighted by molar-refractivity contribution is 6.62. The number of benzene rings is 1. The van der Waals surface area contributed by atoms with Crippen LogP contribution in [0.1, 0.15) is 59.8 Å². The van der Waals surface area contributed by atoms with E-state index in [1.54, 1.807) is 20.0 Å². The van der Waals surface area contributed by atoms with Gasteiger partial charge in [0.2, 0.25) is 5.91 Å². The van der Waals surface area contributed by atoms with Crippen LogP contribution in [0.2, 0.25) is 0 Å². The molecule has 2 aliphatic heterocycles. The summed E-state index contributed by atoms with van der Waals surface area (Å²) in [5.41, 5.74) is 1.26. The summed E-state index contributed by atoms with van der Waals surface area (Å²) in [6.07, 6.45) is 0.254. The molecule has 0 unspecified atom stereocenters. The van der Waals surface area contributed by atoms with Crippen LogP contribution in [-0.4, -0.2) is 70.8 Å². The number of aromatic nitrogens is 2. The van der Waals surface area contributed by atoms with Crippen LogP contribution < -0.4 is 10.8 Å². The highest BCUT2D eigenvalue weighted by Gasteiger charge is 2.52. The van der Waals surface area contributed by atoms with Crippen LogP contribution in [0.25, 0.3) is 11.3 Å². The van der Waals surface area contributed by atoms with Gasteiger partial charge in [0.1, 0.15) is 11.9 Å². The van der Waals surface area contributed by atoms with E-state index in [0.29, 0.717) is 5.69 Å². The molecule has 9 nitrogen and oxygen atoms in total. The number of alkyl halides is 2. The van der Waals surface area contributed by atoms with Crippen LogP contribution >= 0.6 is 0 Å². The Balaban J connectivity index is 1.54. The predicted molar refractivity (Wildman–Crippen MR) is 138 cm³/mol. The third kappa shape index (κ3) is 5.42. The Bertz CT molecular complexity index is 1170. The van der Waals surface area contributed by atoms with E-state index in [9.17, 15) is 18.4 Å². The molecule has 1 aromatic heterocycles. The van der Waals surface area contributed by atoms with Crippen molar-refractivity contribution in [3.63, 3.8) is 0 Å². The zero-order valence-corrected chi connectivity index (χ0v) is 22.8. The van der Waals surface area contributed by atoms with Crippen molar-refractivity contribution in [2.45, 2.75) is 77.2 Å². The van der Waals surface area contributed by atoms with Crippen molar-refractivity contribution < 1.29 is 32.4 Å². The molecule has 2 N–H and O–H groups in total. The number of amides is 2. The molecule has 2 aromatic rings. The summed E-state index contributed by atoms with van der Waals surface area (Å²) in [6, 6.07) is 5.50. The Morgan fingerprint density at radius 3 is 2.32 bits per heavy atom. The lowest BCUT2D eigenvalue weighted by atomic mass is 9.79. The average molecular weight is 532 g/mol. The summed E-state index contributed by atoms with van der Waals surface area (Å²) in [7, 11) is 0.674. The van der Waals surface area contributed by atoms with Crippen molar-refractivity contribution in [1.82, 2.24) is 20.2 Å². The van der Waals surface area contributed by atoms with Crippen molar-refractivity contribution in [1.29, 1.82) is 0 Å². The van der Waals surface area contributed by atoms with Gasteiger partial charge in [0.15, 0.2) is 0 Å². The first kappa shape index (κ1) is 28.0. The molecule has 2 saturated heterocycles. The molecule has 1 aromatic carbocycles. The van der Waals surface area contributed by atoms with Crippen LogP contribution in [0, 0.1) is 5.92 Å². The number of halogens is 2. The minimum absolute atomic E-state index is 0.251. The number of alkyl carbamates (subject to hydrolysis) is 1. The zero-order valence-electron chi connectivity index (χ0n) is 22.8. The maximum atomic E-state index is 14.5. The molecule has 4 rings (SSSR count). The molecule has 0 spiro atoms. The maximum Gasteiger partial charge on any atom is 0.494 e. The Morgan fingerprint density at radius 2 is 1.76 bits per heavy atom. The minimum atomic E-state index is -3.09. The fraction of sp³-hybridized carbons (Fsp3) is 0.577. The number of aromatic amines is 1. The maximum absolute atomic E-state index is 14.5. The standard InChI is InChI=1S/C26H35BF2N4O5/c1-15(2)20(32-23(35)36-7)22(34)33-14-26(28,29)12-19(33)21-30-13-18(31-21)16-8-10-17(11-9-16)27-37-24(3,4)25(5,6)38-27/h8-11,13,15,19-20H,12,14H2,1-7H3,(H,30,31)(H,32,35)/t19-,20-/m0/s1. The minimum Gasteiger partial charge on any atom is -0.453 e. The molecule has 2 amide bonds. The van der Waals surface area contributed by atoms with Gasteiger partial charge in [-0.2, -0.15) is 0 Å². The highest BCUT2D eigenvalue weighted by atomic mass is 19.3. The number of imidazole rings is 1. The second kappa shape index (κ2) is 9.96. The lowest BCUT2D eigenvalue weighted by Crippen LogP contribution is -2.51. The molecule has 0 bridgehead atoms. The number of hydrogen-bond acceptors (Lipinski definition) is 6. The summed E-state index contributed by atoms with van der Waals surface area (Å²) < 4.78 is 45.9. The van der Waals surface area contributed by atoms with E-state index >= 15 is 0 Å². The smallest absolute Gasteiger partial charge is 0.453 e. The molecule has 12 heteroatoms. The number of likely N-dealkylation sites (tertiary alicyclic amines) is 1. The highest BCUT2D eigenvalue weighted by Crippen LogP contribution is 2.41. The molecule has 0 radical (unpaired) electrons. The Labute approximate surface area is 221 Å². The normalized spacial score (nSPS) is 22.5. The number of H-pyrrole nitrogens is 1. The van der Waals surface area contributed by atoms with Gasteiger partial charge < -0.3 is 29.2 Å². The fourth-order valence-electron chi connectivity index (χ4n) is 4.62. The van der Waals surface area contributed by atoms with E-state index < -0.39 is 61.3 Å². The van der Waals surface area contributed by atoms with Gasteiger partial charge in [-0.1, -0.05) is 38.1 Å². The number of nitrogens with zero attached hydrogens (tertiary/aromatic N) is 2. The fourth-order valence-corrected chi connectivity index (χ4v) is 4.62. The SMILES string of the molecule is COC(=O)N[C@H](C(=O)N1CC(F)(F)C[C@H]1c1nc(-c2ccc(B3OC(C)(C)C(C)(C)O3)cc2)c[nH]1)C(C)C. The van der Waals surface area contributed by atoms with Crippen LogP contribution in [0.15, 0.2) is 30.5 Å². The van der Waals surface area contributed by atoms with Gasteiger partial charge in [-0.05, 0) is 39.1 Å². The van der Waals surface area contributed by atoms with Gasteiger partial charge in [0.05, 0.1) is 36.6 Å². The molecule has 2 atom stereocenters. The number of carbonyl (C=O) groups is 2. The van der Waals surface area contributed by atoms with E-state index in [4.69, 9.17) is 9.31 Å². The van der Waals surface area contributed by atoms with Crippen LogP contribution in [0.4, 0.5) is 13.6 Å². The summed E-state index contributed by atoms with van der Waals surface area (Å²) in [4.78, 5) is 33.7. The summed E-state index contributed by atoms with van der Waals surface area (Å²) >= 11 is 0. The van der Waals surface area contributed by atoms with Crippen LogP contribution in [0.3, 0.4) is 0 Å². The molecule has 2 aliphatic rings. The van der Waals surface area contributed by atoms with Crippen molar-refractivity contribution in [2.75, 3.05) is 13.7 Å². The molecular weight excluding hydrogens is 497 g/mol. The van der Waals surface area contributed by atoms with Crippen molar-refractivity contribution >= 4 is 24.6 Å². The number of rotatable bonds is 6. The zero-order chi connectivity index (χ0) is 28.0. The summed E-state index contributed by atoms with van der Waals surface area (Å²) in [6.45, 7) is 10.6. The first-order valence-corrected chi connectivity index (χ1v) is 12.7. The summed E-state index contributed by atoms with van der Waals surface area (Å²) in [5.74, 6) is -3.80. The third-order valence-corrected chi connectivity index (χ3v) is 7.59. The quantitative estimate of drug-likeness (QED) is 0.551. The van der Waals surface area contributed by atoms with E-state index in [2.05, 4.69) is 20.0 Å². The van der Waals surface area contributed by atoms with Gasteiger partial charge in [0.25, 0.3) is 5.92 Å². The van der Waals surface area contributed by atoms with Gasteiger partial charge in [-0.25, -0.2) is 18.6 Å². The van der Waals surface area contributed by atoms with Gasteiger partial charge >= 0.3 is 13.2 Å². The average Bonchev–Trinajstić information content (AvgIpc) is 3.50. The Morgan fingerprint density at radius 1 is 1.16 bits per heavy atom. The third-order valence-electron chi connectivity index (χ3n) is 7.59. The Hall–Kier alpha value is -2.99. The molecule has 0 aliphatic carbocycles. The number of ether oxygens (including phenoxy) is 1. The number of hydrogen-bond donors (Lipinski definition) is 2. The first-order valence-electron chi connectivity index (χ1n) is 12.7. The van der Waals surface area contributed by atoms with E-state index in [1.165, 1.54) is 7.11 Å². The van der Waals surface area contributed by atoms with Crippen molar-refractivity contribution in [3.05, 3.63) is 36.3 Å². The molecule has 0 saturated carbocycles. The molecule has 206 valence electrons.